The van der Waals surface area contributed by atoms with Crippen LogP contribution in [0.3, 0.4) is 0 Å². The lowest BCUT2D eigenvalue weighted by Gasteiger charge is -2.13. The van der Waals surface area contributed by atoms with Gasteiger partial charge >= 0.3 is 5.97 Å². The summed E-state index contributed by atoms with van der Waals surface area (Å²) < 4.78 is 34.0. The van der Waals surface area contributed by atoms with E-state index in [1.807, 2.05) is 0 Å². The van der Waals surface area contributed by atoms with Crippen molar-refractivity contribution in [2.45, 2.75) is 46.0 Å². The Kier molecular flexibility index (Phi) is 9.95. The lowest BCUT2D eigenvalue weighted by Crippen LogP contribution is -2.11. The Labute approximate surface area is 250 Å². The first-order valence-corrected chi connectivity index (χ1v) is 15.0. The number of methoxy groups -OCH3 is 2. The van der Waals surface area contributed by atoms with Crippen LogP contribution in [0, 0.1) is 11.7 Å². The van der Waals surface area contributed by atoms with Crippen molar-refractivity contribution in [2.24, 2.45) is 5.92 Å². The van der Waals surface area contributed by atoms with Crippen LogP contribution in [0.4, 0.5) is 4.39 Å². The molecule has 0 saturated heterocycles. The topological polar surface area (TPSA) is 116 Å². The van der Waals surface area contributed by atoms with Crippen LogP contribution in [0.15, 0.2) is 30.3 Å². The van der Waals surface area contributed by atoms with E-state index in [0.717, 1.165) is 10.1 Å². The second kappa shape index (κ2) is 13.4. The van der Waals surface area contributed by atoms with Gasteiger partial charge in [-0.2, -0.15) is 0 Å². The summed E-state index contributed by atoms with van der Waals surface area (Å²) in [6, 6.07) is 8.53. The van der Waals surface area contributed by atoms with Crippen molar-refractivity contribution in [3.05, 3.63) is 51.5 Å². The highest BCUT2D eigenvalue weighted by Crippen LogP contribution is 2.38. The van der Waals surface area contributed by atoms with Gasteiger partial charge in [-0.25, -0.2) is 4.39 Å². The van der Waals surface area contributed by atoms with Crippen molar-refractivity contribution in [3.8, 4) is 17.2 Å². The molecule has 0 aliphatic carbocycles. The first-order valence-electron chi connectivity index (χ1n) is 13.3. The predicted octanol–water partition coefficient (Wildman–Crippen LogP) is 7.13. The molecule has 0 saturated carbocycles. The van der Waals surface area contributed by atoms with Gasteiger partial charge in [0.25, 0.3) is 0 Å². The van der Waals surface area contributed by atoms with Crippen LogP contribution < -0.4 is 14.2 Å². The van der Waals surface area contributed by atoms with Gasteiger partial charge in [0.1, 0.15) is 17.3 Å². The van der Waals surface area contributed by atoms with Crippen LogP contribution in [0.25, 0.3) is 20.2 Å². The van der Waals surface area contributed by atoms with Crippen molar-refractivity contribution >= 4 is 66.2 Å². The molecule has 0 fully saturated rings. The summed E-state index contributed by atoms with van der Waals surface area (Å²) >= 11 is 2.45. The van der Waals surface area contributed by atoms with Crippen LogP contribution in [0.5, 0.6) is 17.2 Å². The number of Topliss-reactive ketones (excluding diaryl/α,β-unsaturated/α-hetero) is 3. The molecule has 4 rings (SSSR count). The standard InChI is InChI=1S/C31H31FO8S2/c1-16(17(2)33)10-22(35)29-13-20-27(42-29)14-23(38-3)19(31(20)32)6-5-9-40-25-11-18-12-28(21(34)7-8-30(36)37)41-26(18)15-24(25)39-4/h11-16H,5-10H2,1-4H3,(H,36,37)/t16-/m0/s1. The number of benzene rings is 2. The zero-order valence-corrected chi connectivity index (χ0v) is 25.3. The molecule has 1 atom stereocenters. The Morgan fingerprint density at radius 1 is 0.881 bits per heavy atom. The third-order valence-corrected chi connectivity index (χ3v) is 9.24. The lowest BCUT2D eigenvalue weighted by atomic mass is 10.00. The van der Waals surface area contributed by atoms with E-state index in [1.165, 1.54) is 43.8 Å². The van der Waals surface area contributed by atoms with Gasteiger partial charge in [-0.3, -0.25) is 19.2 Å². The van der Waals surface area contributed by atoms with Crippen molar-refractivity contribution < 1.29 is 42.9 Å². The van der Waals surface area contributed by atoms with Gasteiger partial charge in [0.05, 0.1) is 37.0 Å². The van der Waals surface area contributed by atoms with Crippen LogP contribution in [-0.4, -0.2) is 49.3 Å². The number of thiophene rings is 2. The first-order chi connectivity index (χ1) is 20.0. The smallest absolute Gasteiger partial charge is 0.303 e. The number of aliphatic carboxylic acids is 1. The van der Waals surface area contributed by atoms with Crippen molar-refractivity contribution in [1.82, 2.24) is 0 Å². The van der Waals surface area contributed by atoms with E-state index in [0.29, 0.717) is 55.5 Å². The van der Waals surface area contributed by atoms with Gasteiger partial charge in [-0.15, -0.1) is 22.7 Å². The Hall–Kier alpha value is -3.83. The highest BCUT2D eigenvalue weighted by molar-refractivity contribution is 7.21. The van der Waals surface area contributed by atoms with Gasteiger partial charge in [-0.05, 0) is 49.4 Å². The molecule has 0 amide bonds. The predicted molar refractivity (Wildman–Crippen MR) is 161 cm³/mol. The van der Waals surface area contributed by atoms with Gasteiger partial charge in [-0.1, -0.05) is 6.92 Å². The summed E-state index contributed by atoms with van der Waals surface area (Å²) in [6.45, 7) is 3.40. The number of hydrogen-bond acceptors (Lipinski definition) is 9. The lowest BCUT2D eigenvalue weighted by molar-refractivity contribution is -0.137. The minimum atomic E-state index is -1.02. The van der Waals surface area contributed by atoms with Crippen LogP contribution in [0.2, 0.25) is 0 Å². The van der Waals surface area contributed by atoms with Gasteiger partial charge < -0.3 is 19.3 Å². The fraction of sp³-hybridized carbons (Fsp3) is 0.355. The fourth-order valence-electron chi connectivity index (χ4n) is 4.47. The van der Waals surface area contributed by atoms with Gasteiger partial charge in [0.15, 0.2) is 23.1 Å². The molecule has 4 aromatic rings. The number of halogens is 1. The van der Waals surface area contributed by atoms with Crippen molar-refractivity contribution in [2.75, 3.05) is 20.8 Å². The fourth-order valence-corrected chi connectivity index (χ4v) is 6.54. The zero-order valence-electron chi connectivity index (χ0n) is 23.7. The number of ketones is 3. The highest BCUT2D eigenvalue weighted by Gasteiger charge is 2.21. The van der Waals surface area contributed by atoms with E-state index in [1.54, 1.807) is 37.3 Å². The number of carbonyl (C=O) groups is 4. The summed E-state index contributed by atoms with van der Waals surface area (Å²) in [5.41, 5.74) is 0.382. The first kappa shape index (κ1) is 31.1. The SMILES string of the molecule is COc1cc2sc(C(=O)CCC(=O)O)cc2cc1OCCCc1c(OC)cc2sc(C(=O)C[C@H](C)C(C)=O)cc2c1F. The number of carboxylic acids is 1. The summed E-state index contributed by atoms with van der Waals surface area (Å²) in [7, 11) is 2.98. The second-order valence-electron chi connectivity index (χ2n) is 9.95. The molecule has 1 N–H and O–H groups in total. The molecule has 0 bridgehead atoms. The van der Waals surface area contributed by atoms with Gasteiger partial charge in [0.2, 0.25) is 0 Å². The maximum atomic E-state index is 15.6. The molecule has 222 valence electrons. The molecule has 2 heterocycles. The molecule has 8 nitrogen and oxygen atoms in total. The summed E-state index contributed by atoms with van der Waals surface area (Å²) in [6.07, 6.45) is 0.547. The normalized spacial score (nSPS) is 11.9. The van der Waals surface area contributed by atoms with E-state index < -0.39 is 17.7 Å². The van der Waals surface area contributed by atoms with Crippen molar-refractivity contribution in [1.29, 1.82) is 0 Å². The number of rotatable bonds is 15. The molecule has 2 aromatic heterocycles. The summed E-state index contributed by atoms with van der Waals surface area (Å²) in [5, 5.41) is 9.96. The Morgan fingerprint density at radius 3 is 2.21 bits per heavy atom. The minimum Gasteiger partial charge on any atom is -0.496 e. The highest BCUT2D eigenvalue weighted by atomic mass is 32.1. The summed E-state index contributed by atoms with van der Waals surface area (Å²) in [4.78, 5) is 48.3. The Morgan fingerprint density at radius 2 is 1.55 bits per heavy atom. The maximum absolute atomic E-state index is 15.6. The molecule has 0 unspecified atom stereocenters. The molecule has 0 radical (unpaired) electrons. The zero-order chi connectivity index (χ0) is 30.6. The quantitative estimate of drug-likeness (QED) is 0.111. The van der Waals surface area contributed by atoms with Crippen LogP contribution >= 0.6 is 22.7 Å². The van der Waals surface area contributed by atoms with Crippen molar-refractivity contribution in [3.63, 3.8) is 0 Å². The number of carboxylic acid groups (broad SMARTS) is 1. The van der Waals surface area contributed by atoms with Crippen LogP contribution in [-0.2, 0) is 16.0 Å². The molecule has 0 aliphatic heterocycles. The number of ether oxygens (including phenoxy) is 3. The third kappa shape index (κ3) is 6.96. The Bertz CT molecular complexity index is 1670. The number of carbonyl (C=O) groups excluding carboxylic acids is 3. The Balaban J connectivity index is 1.47. The average molecular weight is 615 g/mol. The van der Waals surface area contributed by atoms with E-state index in [4.69, 9.17) is 19.3 Å². The van der Waals surface area contributed by atoms with E-state index in [9.17, 15) is 19.2 Å². The molecule has 2 aromatic carbocycles. The molecule has 0 spiro atoms. The molecule has 11 heteroatoms. The van der Waals surface area contributed by atoms with E-state index in [-0.39, 0.29) is 43.2 Å². The molecular weight excluding hydrogens is 583 g/mol. The monoisotopic (exact) mass is 614 g/mol. The third-order valence-electron chi connectivity index (χ3n) is 6.97. The average Bonchev–Trinajstić information content (AvgIpc) is 3.58. The molecular formula is C31H31FO8S2. The largest absolute Gasteiger partial charge is 0.496 e. The number of hydrogen-bond donors (Lipinski definition) is 1. The second-order valence-corrected chi connectivity index (χ2v) is 12.1. The summed E-state index contributed by atoms with van der Waals surface area (Å²) in [5.74, 6) is -1.03. The molecule has 42 heavy (non-hydrogen) atoms. The maximum Gasteiger partial charge on any atom is 0.303 e. The van der Waals surface area contributed by atoms with E-state index >= 15 is 4.39 Å². The van der Waals surface area contributed by atoms with Crippen LogP contribution in [0.1, 0.15) is 64.4 Å². The minimum absolute atomic E-state index is 0.0671. The molecule has 0 aliphatic rings. The van der Waals surface area contributed by atoms with E-state index in [2.05, 4.69) is 0 Å². The number of fused-ring (bicyclic) bond motifs is 2. The van der Waals surface area contributed by atoms with Gasteiger partial charge in [0, 0.05) is 45.2 Å².